The number of carbonyl (C=O) groups excluding carboxylic acids is 1. The highest BCUT2D eigenvalue weighted by molar-refractivity contribution is 7.89. The van der Waals surface area contributed by atoms with Crippen molar-refractivity contribution in [1.29, 1.82) is 0 Å². The summed E-state index contributed by atoms with van der Waals surface area (Å²) >= 11 is 0. The van der Waals surface area contributed by atoms with E-state index in [0.717, 1.165) is 5.69 Å². The first-order valence-corrected chi connectivity index (χ1v) is 9.74. The Kier molecular flexibility index (Phi) is 4.92. The van der Waals surface area contributed by atoms with Gasteiger partial charge in [-0.1, -0.05) is 30.3 Å². The molecule has 2 aromatic carbocycles. The largest absolute Gasteiger partial charge is 0.369 e. The molecule has 0 radical (unpaired) electrons. The van der Waals surface area contributed by atoms with E-state index >= 15 is 0 Å². The van der Waals surface area contributed by atoms with E-state index in [1.807, 2.05) is 6.07 Å². The molecule has 1 aliphatic rings. The number of hydrogen-bond acceptors (Lipinski definition) is 4. The highest BCUT2D eigenvalue weighted by atomic mass is 32.2. The molecule has 6 heteroatoms. The van der Waals surface area contributed by atoms with Gasteiger partial charge in [-0.15, -0.1) is 0 Å². The van der Waals surface area contributed by atoms with Crippen LogP contribution in [0, 0.1) is 13.8 Å². The zero-order chi connectivity index (χ0) is 18.0. The topological polar surface area (TPSA) is 57.7 Å². The fraction of sp³-hybridized carbons (Fsp3) is 0.316. The molecular formula is C19H22N2O3S. The number of aldehydes is 1. The summed E-state index contributed by atoms with van der Waals surface area (Å²) in [5.74, 6) is 0. The number of carbonyl (C=O) groups is 1. The minimum Gasteiger partial charge on any atom is -0.369 e. The van der Waals surface area contributed by atoms with Gasteiger partial charge in [-0.3, -0.25) is 4.79 Å². The second-order valence-corrected chi connectivity index (χ2v) is 8.17. The molecule has 0 aliphatic carbocycles. The van der Waals surface area contributed by atoms with Gasteiger partial charge in [0.1, 0.15) is 0 Å². The van der Waals surface area contributed by atoms with E-state index in [1.165, 1.54) is 27.6 Å². The molecule has 0 saturated carbocycles. The summed E-state index contributed by atoms with van der Waals surface area (Å²) in [5, 5.41) is 0. The van der Waals surface area contributed by atoms with Gasteiger partial charge < -0.3 is 4.90 Å². The lowest BCUT2D eigenvalue weighted by Crippen LogP contribution is -2.49. The average Bonchev–Trinajstić information content (AvgIpc) is 2.64. The zero-order valence-corrected chi connectivity index (χ0v) is 15.3. The fourth-order valence-corrected chi connectivity index (χ4v) is 4.79. The molecule has 3 rings (SSSR count). The van der Waals surface area contributed by atoms with Crippen molar-refractivity contribution in [2.45, 2.75) is 18.7 Å². The summed E-state index contributed by atoms with van der Waals surface area (Å²) in [6.07, 6.45) is 0.596. The molecule has 2 aromatic rings. The Morgan fingerprint density at radius 3 is 2.28 bits per heavy atom. The number of piperazine rings is 1. The van der Waals surface area contributed by atoms with Crippen LogP contribution in [-0.4, -0.2) is 45.2 Å². The van der Waals surface area contributed by atoms with Gasteiger partial charge in [0, 0.05) is 37.4 Å². The van der Waals surface area contributed by atoms with Crippen LogP contribution in [0.2, 0.25) is 0 Å². The molecule has 0 spiro atoms. The Morgan fingerprint density at radius 1 is 0.920 bits per heavy atom. The van der Waals surface area contributed by atoms with E-state index in [2.05, 4.69) is 30.9 Å². The summed E-state index contributed by atoms with van der Waals surface area (Å²) in [4.78, 5) is 13.5. The van der Waals surface area contributed by atoms with Crippen LogP contribution in [0.4, 0.5) is 5.69 Å². The smallest absolute Gasteiger partial charge is 0.243 e. The van der Waals surface area contributed by atoms with Crippen molar-refractivity contribution in [2.24, 2.45) is 0 Å². The first-order valence-electron chi connectivity index (χ1n) is 8.30. The quantitative estimate of drug-likeness (QED) is 0.789. The summed E-state index contributed by atoms with van der Waals surface area (Å²) in [6, 6.07) is 12.5. The molecule has 25 heavy (non-hydrogen) atoms. The Labute approximate surface area is 148 Å². The lowest BCUT2D eigenvalue weighted by atomic mass is 10.1. The predicted octanol–water partition coefficient (Wildman–Crippen LogP) is 2.63. The van der Waals surface area contributed by atoms with E-state index in [0.29, 0.717) is 32.5 Å². The van der Waals surface area contributed by atoms with Gasteiger partial charge in [0.15, 0.2) is 6.29 Å². The van der Waals surface area contributed by atoms with E-state index < -0.39 is 10.0 Å². The summed E-state index contributed by atoms with van der Waals surface area (Å²) in [5.41, 5.74) is 3.82. The van der Waals surface area contributed by atoms with Crippen LogP contribution >= 0.6 is 0 Å². The number of anilines is 1. The van der Waals surface area contributed by atoms with E-state index in [4.69, 9.17) is 0 Å². The van der Waals surface area contributed by atoms with Crippen molar-refractivity contribution in [2.75, 3.05) is 31.1 Å². The van der Waals surface area contributed by atoms with Crippen LogP contribution in [0.3, 0.4) is 0 Å². The third-order valence-corrected chi connectivity index (χ3v) is 6.79. The van der Waals surface area contributed by atoms with Crippen molar-refractivity contribution in [1.82, 2.24) is 4.31 Å². The molecule has 1 aliphatic heterocycles. The van der Waals surface area contributed by atoms with Gasteiger partial charge >= 0.3 is 0 Å². The monoisotopic (exact) mass is 358 g/mol. The number of aryl methyl sites for hydroxylation is 1. The van der Waals surface area contributed by atoms with Crippen LogP contribution in [0.1, 0.15) is 21.5 Å². The summed E-state index contributed by atoms with van der Waals surface area (Å²) < 4.78 is 27.2. The van der Waals surface area contributed by atoms with Gasteiger partial charge in [0.05, 0.1) is 4.90 Å². The highest BCUT2D eigenvalue weighted by Crippen LogP contribution is 2.26. The maximum atomic E-state index is 12.9. The molecule has 132 valence electrons. The average molecular weight is 358 g/mol. The third-order valence-electron chi connectivity index (χ3n) is 4.82. The van der Waals surface area contributed by atoms with Crippen molar-refractivity contribution < 1.29 is 13.2 Å². The first-order chi connectivity index (χ1) is 11.9. The zero-order valence-electron chi connectivity index (χ0n) is 14.5. The first kappa shape index (κ1) is 17.6. The van der Waals surface area contributed by atoms with Gasteiger partial charge in [-0.05, 0) is 37.1 Å². The van der Waals surface area contributed by atoms with Crippen molar-refractivity contribution >= 4 is 22.0 Å². The Morgan fingerprint density at radius 2 is 1.60 bits per heavy atom. The number of sulfonamides is 1. The van der Waals surface area contributed by atoms with Crippen LogP contribution in [0.25, 0.3) is 0 Å². The maximum absolute atomic E-state index is 12.9. The van der Waals surface area contributed by atoms with Crippen molar-refractivity contribution in [3.63, 3.8) is 0 Å². The van der Waals surface area contributed by atoms with E-state index in [-0.39, 0.29) is 10.5 Å². The van der Waals surface area contributed by atoms with Crippen molar-refractivity contribution in [3.05, 3.63) is 59.2 Å². The van der Waals surface area contributed by atoms with Gasteiger partial charge in [-0.25, -0.2) is 8.42 Å². The lowest BCUT2D eigenvalue weighted by molar-refractivity contribution is 0.112. The Bertz CT molecular complexity index is 885. The van der Waals surface area contributed by atoms with Crippen LogP contribution in [0.15, 0.2) is 47.4 Å². The number of rotatable bonds is 4. The van der Waals surface area contributed by atoms with Crippen LogP contribution in [0.5, 0.6) is 0 Å². The van der Waals surface area contributed by atoms with E-state index in [1.54, 1.807) is 12.1 Å². The minimum absolute atomic E-state index is 0.0881. The molecule has 0 atom stereocenters. The van der Waals surface area contributed by atoms with Crippen LogP contribution < -0.4 is 4.90 Å². The standard InChI is InChI=1S/C19H22N2O3S/c1-15-6-5-8-18(16(15)2)20-10-12-21(13-11-20)25(23,24)19-9-4-3-7-17(19)14-22/h3-9,14H,10-13H2,1-2H3. The molecule has 1 saturated heterocycles. The fourth-order valence-electron chi connectivity index (χ4n) is 3.20. The molecule has 0 N–H and O–H groups in total. The Hall–Kier alpha value is -2.18. The second-order valence-electron chi connectivity index (χ2n) is 6.27. The summed E-state index contributed by atoms with van der Waals surface area (Å²) in [7, 11) is -3.65. The molecule has 1 heterocycles. The number of nitrogens with zero attached hydrogens (tertiary/aromatic N) is 2. The van der Waals surface area contributed by atoms with E-state index in [9.17, 15) is 13.2 Å². The minimum atomic E-state index is -3.65. The molecule has 0 unspecified atom stereocenters. The molecule has 1 fully saturated rings. The van der Waals surface area contributed by atoms with Gasteiger partial charge in [0.25, 0.3) is 0 Å². The van der Waals surface area contributed by atoms with Crippen molar-refractivity contribution in [3.8, 4) is 0 Å². The molecular weight excluding hydrogens is 336 g/mol. The number of benzene rings is 2. The third kappa shape index (κ3) is 3.32. The molecule has 0 aromatic heterocycles. The van der Waals surface area contributed by atoms with Gasteiger partial charge in [-0.2, -0.15) is 4.31 Å². The normalized spacial score (nSPS) is 16.0. The predicted molar refractivity (Wildman–Crippen MR) is 98.7 cm³/mol. The van der Waals surface area contributed by atoms with Gasteiger partial charge in [0.2, 0.25) is 10.0 Å². The SMILES string of the molecule is Cc1cccc(N2CCN(S(=O)(=O)c3ccccc3C=O)CC2)c1C. The van der Waals surface area contributed by atoms with Crippen LogP contribution in [-0.2, 0) is 10.0 Å². The molecule has 0 amide bonds. The Balaban J connectivity index is 1.80. The highest BCUT2D eigenvalue weighted by Gasteiger charge is 2.30. The molecule has 5 nitrogen and oxygen atoms in total. The number of hydrogen-bond donors (Lipinski definition) is 0. The molecule has 0 bridgehead atoms. The second kappa shape index (κ2) is 6.98. The summed E-state index contributed by atoms with van der Waals surface area (Å²) in [6.45, 7) is 6.25. The maximum Gasteiger partial charge on any atom is 0.243 e. The lowest BCUT2D eigenvalue weighted by Gasteiger charge is -2.36.